The molecule has 0 bridgehead atoms. The molecule has 0 aliphatic heterocycles. The van der Waals surface area contributed by atoms with Crippen molar-refractivity contribution in [2.75, 3.05) is 6.54 Å². The van der Waals surface area contributed by atoms with Gasteiger partial charge >= 0.3 is 0 Å². The summed E-state index contributed by atoms with van der Waals surface area (Å²) in [6, 6.07) is 4.37. The largest absolute Gasteiger partial charge is 0.392 e. The van der Waals surface area contributed by atoms with Gasteiger partial charge in [0.1, 0.15) is 0 Å². The number of nitrogens with zero attached hydrogens (tertiary/aromatic N) is 1. The molecule has 1 aromatic rings. The van der Waals surface area contributed by atoms with E-state index in [0.717, 1.165) is 5.56 Å². The highest BCUT2D eigenvalue weighted by atomic mass is 35.5. The van der Waals surface area contributed by atoms with Gasteiger partial charge in [0.05, 0.1) is 16.0 Å². The summed E-state index contributed by atoms with van der Waals surface area (Å²) in [6.07, 6.45) is -0.415. The molecule has 0 amide bonds. The summed E-state index contributed by atoms with van der Waals surface area (Å²) < 4.78 is 0. The molecule has 2 N–H and O–H groups in total. The van der Waals surface area contributed by atoms with Crippen molar-refractivity contribution in [1.29, 1.82) is 0 Å². The first kappa shape index (κ1) is 14.9. The van der Waals surface area contributed by atoms with Crippen LogP contribution in [0.25, 0.3) is 0 Å². The van der Waals surface area contributed by atoms with Gasteiger partial charge in [-0.15, -0.1) is 0 Å². The van der Waals surface area contributed by atoms with Crippen molar-refractivity contribution in [3.05, 3.63) is 38.9 Å². The summed E-state index contributed by atoms with van der Waals surface area (Å²) in [5.41, 5.74) is 0.754. The lowest BCUT2D eigenvalue weighted by Gasteiger charge is -2.15. The van der Waals surface area contributed by atoms with Gasteiger partial charge in [-0.25, -0.2) is 0 Å². The van der Waals surface area contributed by atoms with Crippen molar-refractivity contribution in [2.45, 2.75) is 26.5 Å². The van der Waals surface area contributed by atoms with Gasteiger partial charge in [0.2, 0.25) is 0 Å². The second-order valence-electron chi connectivity index (χ2n) is 4.48. The number of nitrogens with one attached hydrogen (secondary N) is 1. The van der Waals surface area contributed by atoms with Crippen LogP contribution in [-0.2, 0) is 6.54 Å². The van der Waals surface area contributed by atoms with E-state index < -0.39 is 11.0 Å². The van der Waals surface area contributed by atoms with Crippen LogP contribution in [-0.4, -0.2) is 22.7 Å². The molecule has 18 heavy (non-hydrogen) atoms. The third-order valence-electron chi connectivity index (χ3n) is 2.69. The van der Waals surface area contributed by atoms with Crippen LogP contribution in [0.2, 0.25) is 5.02 Å². The zero-order valence-corrected chi connectivity index (χ0v) is 11.1. The van der Waals surface area contributed by atoms with Gasteiger partial charge in [0, 0.05) is 25.2 Å². The Kier molecular flexibility index (Phi) is 5.53. The number of hydrogen-bond donors (Lipinski definition) is 2. The lowest BCUT2D eigenvalue weighted by Crippen LogP contribution is -2.30. The molecule has 0 saturated heterocycles. The predicted molar refractivity (Wildman–Crippen MR) is 70.7 cm³/mol. The molecular weight excluding hydrogens is 256 g/mol. The van der Waals surface area contributed by atoms with Crippen LogP contribution in [0.5, 0.6) is 0 Å². The molecule has 0 heterocycles. The maximum Gasteiger partial charge on any atom is 0.270 e. The molecule has 6 heteroatoms. The Morgan fingerprint density at radius 1 is 1.50 bits per heavy atom. The Morgan fingerprint density at radius 3 is 2.67 bits per heavy atom. The Balaban J connectivity index is 2.56. The van der Waals surface area contributed by atoms with Gasteiger partial charge in [0.25, 0.3) is 5.69 Å². The molecule has 0 aliphatic carbocycles. The minimum absolute atomic E-state index is 0.0223. The van der Waals surface area contributed by atoms with Crippen LogP contribution in [0.3, 0.4) is 0 Å². The van der Waals surface area contributed by atoms with Gasteiger partial charge in [-0.2, -0.15) is 0 Å². The summed E-state index contributed by atoms with van der Waals surface area (Å²) in [5, 5.41) is 23.6. The molecular formula is C12H17ClN2O3. The first-order chi connectivity index (χ1) is 8.41. The highest BCUT2D eigenvalue weighted by Crippen LogP contribution is 2.22. The molecule has 5 nitrogen and oxygen atoms in total. The van der Waals surface area contributed by atoms with Gasteiger partial charge < -0.3 is 10.4 Å². The van der Waals surface area contributed by atoms with E-state index in [1.54, 1.807) is 6.07 Å². The molecule has 0 saturated carbocycles. The molecule has 1 atom stereocenters. The maximum absolute atomic E-state index is 10.5. The van der Waals surface area contributed by atoms with E-state index >= 15 is 0 Å². The molecule has 0 aliphatic rings. The smallest absolute Gasteiger partial charge is 0.270 e. The number of nitro benzene ring substituents is 1. The summed E-state index contributed by atoms with van der Waals surface area (Å²) >= 11 is 5.94. The number of benzene rings is 1. The molecule has 0 spiro atoms. The second-order valence-corrected chi connectivity index (χ2v) is 4.88. The number of non-ortho nitro benzene ring substituents is 1. The zero-order valence-electron chi connectivity index (χ0n) is 10.4. The standard InChI is InChI=1S/C12H17ClN2O3/c1-8(2)12(16)7-14-6-9-3-4-10(15(17)18)5-11(9)13/h3-5,8,12,14,16H,6-7H2,1-2H3. The van der Waals surface area contributed by atoms with E-state index in [9.17, 15) is 15.2 Å². The Morgan fingerprint density at radius 2 is 2.17 bits per heavy atom. The summed E-state index contributed by atoms with van der Waals surface area (Å²) in [5.74, 6) is 0.185. The van der Waals surface area contributed by atoms with E-state index in [2.05, 4.69) is 5.32 Å². The van der Waals surface area contributed by atoms with Crippen LogP contribution >= 0.6 is 11.6 Å². The van der Waals surface area contributed by atoms with Crippen molar-refractivity contribution in [3.8, 4) is 0 Å². The minimum Gasteiger partial charge on any atom is -0.392 e. The van der Waals surface area contributed by atoms with Gasteiger partial charge in [0.15, 0.2) is 0 Å². The summed E-state index contributed by atoms with van der Waals surface area (Å²) in [4.78, 5) is 10.1. The number of aliphatic hydroxyl groups is 1. The van der Waals surface area contributed by atoms with E-state index in [1.165, 1.54) is 12.1 Å². The van der Waals surface area contributed by atoms with Gasteiger partial charge in [-0.3, -0.25) is 10.1 Å². The van der Waals surface area contributed by atoms with Crippen LogP contribution in [0.15, 0.2) is 18.2 Å². The van der Waals surface area contributed by atoms with Crippen molar-refractivity contribution >= 4 is 17.3 Å². The number of hydrogen-bond acceptors (Lipinski definition) is 4. The quantitative estimate of drug-likeness (QED) is 0.616. The van der Waals surface area contributed by atoms with Crippen LogP contribution < -0.4 is 5.32 Å². The summed E-state index contributed by atoms with van der Waals surface area (Å²) in [6.45, 7) is 4.81. The molecule has 100 valence electrons. The average Bonchev–Trinajstić information content (AvgIpc) is 2.30. The Bertz CT molecular complexity index is 424. The minimum atomic E-state index is -0.481. The van der Waals surface area contributed by atoms with Crippen molar-refractivity contribution in [1.82, 2.24) is 5.32 Å². The molecule has 1 aromatic carbocycles. The fourth-order valence-electron chi connectivity index (χ4n) is 1.38. The zero-order chi connectivity index (χ0) is 13.7. The van der Waals surface area contributed by atoms with E-state index in [-0.39, 0.29) is 11.6 Å². The van der Waals surface area contributed by atoms with Gasteiger partial charge in [-0.1, -0.05) is 25.4 Å². The number of aliphatic hydroxyl groups excluding tert-OH is 1. The second kappa shape index (κ2) is 6.68. The highest BCUT2D eigenvalue weighted by molar-refractivity contribution is 6.31. The fraction of sp³-hybridized carbons (Fsp3) is 0.500. The molecule has 0 radical (unpaired) electrons. The lowest BCUT2D eigenvalue weighted by molar-refractivity contribution is -0.384. The first-order valence-corrected chi connectivity index (χ1v) is 6.11. The monoisotopic (exact) mass is 272 g/mol. The third kappa shape index (κ3) is 4.25. The summed E-state index contributed by atoms with van der Waals surface area (Å²) in [7, 11) is 0. The Hall–Kier alpha value is -1.17. The predicted octanol–water partition coefficient (Wildman–Crippen LogP) is 2.35. The fourth-order valence-corrected chi connectivity index (χ4v) is 1.63. The average molecular weight is 273 g/mol. The maximum atomic E-state index is 10.5. The Labute approximate surface area is 111 Å². The first-order valence-electron chi connectivity index (χ1n) is 5.73. The number of rotatable bonds is 6. The number of halogens is 1. The molecule has 0 fully saturated rings. The highest BCUT2D eigenvalue weighted by Gasteiger charge is 2.11. The van der Waals surface area contributed by atoms with Crippen LogP contribution in [0, 0.1) is 16.0 Å². The lowest BCUT2D eigenvalue weighted by atomic mass is 10.1. The number of nitro groups is 1. The van der Waals surface area contributed by atoms with Crippen LogP contribution in [0.1, 0.15) is 19.4 Å². The van der Waals surface area contributed by atoms with E-state index in [0.29, 0.717) is 18.1 Å². The van der Waals surface area contributed by atoms with E-state index in [1.807, 2.05) is 13.8 Å². The molecule has 1 unspecified atom stereocenters. The normalized spacial score (nSPS) is 12.7. The van der Waals surface area contributed by atoms with E-state index in [4.69, 9.17) is 11.6 Å². The van der Waals surface area contributed by atoms with Crippen molar-refractivity contribution in [3.63, 3.8) is 0 Å². The van der Waals surface area contributed by atoms with Gasteiger partial charge in [-0.05, 0) is 17.5 Å². The third-order valence-corrected chi connectivity index (χ3v) is 3.04. The molecule has 1 rings (SSSR count). The van der Waals surface area contributed by atoms with Crippen molar-refractivity contribution < 1.29 is 10.0 Å². The topological polar surface area (TPSA) is 75.4 Å². The van der Waals surface area contributed by atoms with Crippen molar-refractivity contribution in [2.24, 2.45) is 5.92 Å². The van der Waals surface area contributed by atoms with Crippen LogP contribution in [0.4, 0.5) is 5.69 Å². The SMILES string of the molecule is CC(C)C(O)CNCc1ccc([N+](=O)[O-])cc1Cl. The molecule has 0 aromatic heterocycles.